The highest BCUT2D eigenvalue weighted by molar-refractivity contribution is 6.32. The third kappa shape index (κ3) is 4.29. The minimum atomic E-state index is -0.175. The largest absolute Gasteiger partial charge is 0.507 e. The maximum Gasteiger partial charge on any atom is 0.148 e. The third-order valence-electron chi connectivity index (χ3n) is 5.25. The van der Waals surface area contributed by atoms with Gasteiger partial charge in [-0.15, -0.1) is 0 Å². The molecule has 4 N–H and O–H groups in total. The number of imidazole rings is 1. The number of benzene rings is 2. The Hall–Kier alpha value is -2.58. The van der Waals surface area contributed by atoms with E-state index in [1.165, 1.54) is 17.7 Å². The van der Waals surface area contributed by atoms with Gasteiger partial charge in [0.1, 0.15) is 17.3 Å². The fourth-order valence-corrected chi connectivity index (χ4v) is 3.85. The summed E-state index contributed by atoms with van der Waals surface area (Å²) >= 11 is 6.08. The van der Waals surface area contributed by atoms with E-state index in [0.29, 0.717) is 24.4 Å². The van der Waals surface area contributed by atoms with Gasteiger partial charge in [0.15, 0.2) is 0 Å². The molecule has 4 rings (SSSR count). The van der Waals surface area contributed by atoms with Crippen molar-refractivity contribution < 1.29 is 14.9 Å². The van der Waals surface area contributed by atoms with Crippen molar-refractivity contribution >= 4 is 11.6 Å². The van der Waals surface area contributed by atoms with Gasteiger partial charge >= 0.3 is 0 Å². The number of hydrogen-bond donors (Lipinski definition) is 3. The molecule has 158 valence electrons. The Balaban J connectivity index is 1.69. The van der Waals surface area contributed by atoms with Crippen molar-refractivity contribution in [2.24, 2.45) is 5.73 Å². The highest BCUT2D eigenvalue weighted by Crippen LogP contribution is 2.38. The summed E-state index contributed by atoms with van der Waals surface area (Å²) in [7, 11) is 0. The molecule has 7 nitrogen and oxygen atoms in total. The molecule has 30 heavy (non-hydrogen) atoms. The molecule has 0 atom stereocenters. The highest BCUT2D eigenvalue weighted by atomic mass is 35.5. The minimum absolute atomic E-state index is 0.0908. The summed E-state index contributed by atoms with van der Waals surface area (Å²) in [5.41, 5.74) is 9.31. The van der Waals surface area contributed by atoms with E-state index in [0.717, 1.165) is 44.2 Å². The van der Waals surface area contributed by atoms with Gasteiger partial charge < -0.3 is 20.7 Å². The molecule has 0 spiro atoms. The van der Waals surface area contributed by atoms with Crippen molar-refractivity contribution in [3.8, 4) is 28.6 Å². The summed E-state index contributed by atoms with van der Waals surface area (Å²) in [6.07, 6.45) is 2.39. The first-order chi connectivity index (χ1) is 14.6. The van der Waals surface area contributed by atoms with Crippen LogP contribution in [-0.2, 0) is 17.7 Å². The van der Waals surface area contributed by atoms with Gasteiger partial charge in [-0.3, -0.25) is 9.47 Å². The number of hydrogen-bond acceptors (Lipinski definition) is 6. The zero-order chi connectivity index (χ0) is 21.1. The quantitative estimate of drug-likeness (QED) is 0.558. The minimum Gasteiger partial charge on any atom is -0.507 e. The zero-order valence-electron chi connectivity index (χ0n) is 16.6. The van der Waals surface area contributed by atoms with Crippen LogP contribution in [0.1, 0.15) is 11.3 Å². The lowest BCUT2D eigenvalue weighted by Crippen LogP contribution is -2.35. The van der Waals surface area contributed by atoms with E-state index < -0.39 is 0 Å². The maximum absolute atomic E-state index is 10.4. The molecule has 0 unspecified atom stereocenters. The Bertz CT molecular complexity index is 1010. The Morgan fingerprint density at radius 3 is 2.50 bits per heavy atom. The Kier molecular flexibility index (Phi) is 6.24. The molecule has 2 heterocycles. The normalized spacial score (nSPS) is 14.9. The van der Waals surface area contributed by atoms with Gasteiger partial charge in [-0.25, -0.2) is 4.98 Å². The highest BCUT2D eigenvalue weighted by Gasteiger charge is 2.18. The molecule has 0 bridgehead atoms. The van der Waals surface area contributed by atoms with Crippen molar-refractivity contribution in [3.63, 3.8) is 0 Å². The van der Waals surface area contributed by atoms with Crippen LogP contribution in [-0.4, -0.2) is 57.5 Å². The van der Waals surface area contributed by atoms with Crippen LogP contribution in [0.4, 0.5) is 0 Å². The molecule has 1 fully saturated rings. The van der Waals surface area contributed by atoms with Crippen molar-refractivity contribution in [2.75, 3.05) is 32.8 Å². The average Bonchev–Trinajstić information content (AvgIpc) is 3.16. The van der Waals surface area contributed by atoms with Gasteiger partial charge in [0, 0.05) is 49.7 Å². The van der Waals surface area contributed by atoms with Gasteiger partial charge in [-0.1, -0.05) is 23.7 Å². The molecular formula is C22H25ClN4O3. The lowest BCUT2D eigenvalue weighted by Gasteiger charge is -2.26. The average molecular weight is 429 g/mol. The lowest BCUT2D eigenvalue weighted by molar-refractivity contribution is 0.0342. The molecular weight excluding hydrogens is 404 g/mol. The van der Waals surface area contributed by atoms with Gasteiger partial charge in [0.2, 0.25) is 0 Å². The molecule has 0 amide bonds. The van der Waals surface area contributed by atoms with Crippen LogP contribution >= 0.6 is 11.6 Å². The molecule has 8 heteroatoms. The third-order valence-corrected chi connectivity index (χ3v) is 5.55. The van der Waals surface area contributed by atoms with Crippen LogP contribution in [0.5, 0.6) is 11.5 Å². The monoisotopic (exact) mass is 428 g/mol. The van der Waals surface area contributed by atoms with E-state index >= 15 is 0 Å². The Morgan fingerprint density at radius 1 is 1.07 bits per heavy atom. The van der Waals surface area contributed by atoms with E-state index in [4.69, 9.17) is 22.1 Å². The predicted molar refractivity (Wildman–Crippen MR) is 116 cm³/mol. The summed E-state index contributed by atoms with van der Waals surface area (Å²) in [5.74, 6) is 0.274. The van der Waals surface area contributed by atoms with Crippen molar-refractivity contribution in [2.45, 2.75) is 13.0 Å². The fraction of sp³-hybridized carbons (Fsp3) is 0.318. The molecule has 0 radical (unpaired) electrons. The zero-order valence-corrected chi connectivity index (χ0v) is 17.3. The molecule has 1 aliphatic rings. The lowest BCUT2D eigenvalue weighted by atomic mass is 10.1. The molecule has 0 saturated carbocycles. The summed E-state index contributed by atoms with van der Waals surface area (Å²) in [5, 5.41) is 20.3. The number of aromatic hydroxyl groups is 2. The van der Waals surface area contributed by atoms with Gasteiger partial charge in [0.05, 0.1) is 23.8 Å². The number of aromatic nitrogens is 2. The topological polar surface area (TPSA) is 96.8 Å². The van der Waals surface area contributed by atoms with Crippen molar-refractivity contribution in [1.82, 2.24) is 14.5 Å². The van der Waals surface area contributed by atoms with Crippen LogP contribution in [0, 0.1) is 0 Å². The first kappa shape index (κ1) is 20.7. The van der Waals surface area contributed by atoms with Crippen molar-refractivity contribution in [1.29, 1.82) is 0 Å². The van der Waals surface area contributed by atoms with Crippen molar-refractivity contribution in [3.05, 3.63) is 58.9 Å². The first-order valence-corrected chi connectivity index (χ1v) is 10.3. The van der Waals surface area contributed by atoms with Gasteiger partial charge in [0.25, 0.3) is 0 Å². The first-order valence-electron chi connectivity index (χ1n) is 9.94. The molecule has 0 aliphatic carbocycles. The van der Waals surface area contributed by atoms with Gasteiger partial charge in [-0.05, 0) is 30.3 Å². The fourth-order valence-electron chi connectivity index (χ4n) is 3.69. The Labute approximate surface area is 180 Å². The number of ether oxygens (including phenoxy) is 1. The van der Waals surface area contributed by atoms with E-state index in [2.05, 4.69) is 22.0 Å². The number of phenolic OH excluding ortho intramolecular Hbond substituents is 2. The van der Waals surface area contributed by atoms with Crippen LogP contribution in [0.25, 0.3) is 17.1 Å². The number of phenols is 2. The Morgan fingerprint density at radius 2 is 1.80 bits per heavy atom. The molecule has 3 aromatic rings. The number of morpholine rings is 1. The van der Waals surface area contributed by atoms with Crippen LogP contribution in [0.15, 0.2) is 42.6 Å². The predicted octanol–water partition coefficient (Wildman–Crippen LogP) is 2.94. The smallest absolute Gasteiger partial charge is 0.148 e. The van der Waals surface area contributed by atoms with Crippen LogP contribution in [0.3, 0.4) is 0 Å². The van der Waals surface area contributed by atoms with Crippen LogP contribution in [0.2, 0.25) is 5.02 Å². The molecule has 2 aromatic carbocycles. The van der Waals surface area contributed by atoms with E-state index in [-0.39, 0.29) is 16.5 Å². The summed E-state index contributed by atoms with van der Waals surface area (Å²) in [4.78, 5) is 6.89. The maximum atomic E-state index is 10.4. The SMILES string of the molecule is NCCc1cnc(-c2cc(Cl)c(O)cc2O)n1-c1ccc(CN2CCOCC2)cc1. The number of rotatable bonds is 6. The van der Waals surface area contributed by atoms with E-state index in [1.54, 1.807) is 6.20 Å². The standard InChI is InChI=1S/C22H25ClN4O3/c23-19-11-18(20(28)12-21(19)29)22-25-13-17(5-6-24)27(22)16-3-1-15(2-4-16)14-26-7-9-30-10-8-26/h1-4,11-13,28-29H,5-10,14,24H2. The second-order valence-corrected chi connectivity index (χ2v) is 7.73. The van der Waals surface area contributed by atoms with E-state index in [9.17, 15) is 10.2 Å². The van der Waals surface area contributed by atoms with E-state index in [1.807, 2.05) is 16.7 Å². The molecule has 1 aliphatic heterocycles. The number of nitrogens with two attached hydrogens (primary N) is 1. The second-order valence-electron chi connectivity index (χ2n) is 7.32. The summed E-state index contributed by atoms with van der Waals surface area (Å²) in [6.45, 7) is 4.78. The molecule has 1 saturated heterocycles. The second kappa shape index (κ2) is 9.06. The number of nitrogens with zero attached hydrogens (tertiary/aromatic N) is 3. The number of halogens is 1. The van der Waals surface area contributed by atoms with Gasteiger partial charge in [-0.2, -0.15) is 0 Å². The van der Waals surface area contributed by atoms with Crippen LogP contribution < -0.4 is 5.73 Å². The molecule has 1 aromatic heterocycles. The summed E-state index contributed by atoms with van der Waals surface area (Å²) < 4.78 is 7.38. The summed E-state index contributed by atoms with van der Waals surface area (Å²) in [6, 6.07) is 11.0.